The van der Waals surface area contributed by atoms with Gasteiger partial charge < -0.3 is 4.43 Å². The molecule has 0 spiro atoms. The number of hydrogen-bond acceptors (Lipinski definition) is 1. The van der Waals surface area contributed by atoms with E-state index in [2.05, 4.69) is 40.7 Å². The third-order valence-electron chi connectivity index (χ3n) is 4.13. The highest BCUT2D eigenvalue weighted by Gasteiger charge is 2.10. The van der Waals surface area contributed by atoms with Gasteiger partial charge in [0.05, 0.1) is 0 Å². The van der Waals surface area contributed by atoms with Crippen molar-refractivity contribution in [3.63, 3.8) is 0 Å². The molecule has 3 unspecified atom stereocenters. The van der Waals surface area contributed by atoms with Crippen LogP contribution in [0, 0.1) is 17.8 Å². The quantitative estimate of drug-likeness (QED) is 0.429. The Labute approximate surface area is 118 Å². The molecule has 3 atom stereocenters. The molecule has 18 heavy (non-hydrogen) atoms. The average Bonchev–Trinajstić information content (AvgIpc) is 2.39. The first kappa shape index (κ1) is 17.9. The highest BCUT2D eigenvalue weighted by molar-refractivity contribution is 5.97. The second-order valence-electron chi connectivity index (χ2n) is 5.86. The van der Waals surface area contributed by atoms with Crippen LogP contribution in [-0.4, -0.2) is 17.1 Å². The maximum absolute atomic E-state index is 5.29. The lowest BCUT2D eigenvalue weighted by Crippen LogP contribution is -2.05. The monoisotopic (exact) mass is 270 g/mol. The van der Waals surface area contributed by atoms with Crippen molar-refractivity contribution in [1.82, 2.24) is 0 Å². The smallest absolute Gasteiger partial charge is 0.145 e. The van der Waals surface area contributed by atoms with Crippen LogP contribution >= 0.6 is 0 Å². The van der Waals surface area contributed by atoms with Gasteiger partial charge in [0.2, 0.25) is 0 Å². The van der Waals surface area contributed by atoms with Crippen molar-refractivity contribution in [2.75, 3.05) is 6.61 Å². The summed E-state index contributed by atoms with van der Waals surface area (Å²) < 4.78 is 5.29. The van der Waals surface area contributed by atoms with Crippen LogP contribution in [0.1, 0.15) is 66.7 Å². The van der Waals surface area contributed by atoms with Crippen LogP contribution in [0.25, 0.3) is 0 Å². The Bertz CT molecular complexity index is 225. The highest BCUT2D eigenvalue weighted by atomic mass is 28.2. The molecule has 0 amide bonds. The highest BCUT2D eigenvalue weighted by Crippen LogP contribution is 2.25. The molecule has 0 saturated carbocycles. The molecule has 108 valence electrons. The summed E-state index contributed by atoms with van der Waals surface area (Å²) in [6, 6.07) is 0. The Morgan fingerprint density at radius 2 is 1.78 bits per heavy atom. The van der Waals surface area contributed by atoms with Crippen molar-refractivity contribution in [3.05, 3.63) is 11.6 Å². The molecule has 0 saturated heterocycles. The fraction of sp³-hybridized carbons (Fsp3) is 0.875. The zero-order chi connectivity index (χ0) is 14.0. The average molecular weight is 271 g/mol. The first-order valence-corrected chi connectivity index (χ1v) is 8.56. The van der Waals surface area contributed by atoms with Crippen molar-refractivity contribution < 1.29 is 4.43 Å². The van der Waals surface area contributed by atoms with E-state index in [0.717, 1.165) is 34.8 Å². The molecule has 0 N–H and O–H groups in total. The lowest BCUT2D eigenvalue weighted by Gasteiger charge is -2.19. The van der Waals surface area contributed by atoms with Crippen LogP contribution in [0.15, 0.2) is 11.6 Å². The van der Waals surface area contributed by atoms with E-state index in [1.165, 1.54) is 32.1 Å². The van der Waals surface area contributed by atoms with Gasteiger partial charge in [0.25, 0.3) is 0 Å². The molecular formula is C16H34OSi. The van der Waals surface area contributed by atoms with Gasteiger partial charge in [-0.05, 0) is 43.4 Å². The Balaban J connectivity index is 4.29. The van der Waals surface area contributed by atoms with Gasteiger partial charge in [-0.15, -0.1) is 0 Å². The Morgan fingerprint density at radius 3 is 2.28 bits per heavy atom. The minimum absolute atomic E-state index is 0.731. The predicted molar refractivity (Wildman–Crippen MR) is 85.9 cm³/mol. The van der Waals surface area contributed by atoms with Gasteiger partial charge in [0, 0.05) is 6.61 Å². The lowest BCUT2D eigenvalue weighted by molar-refractivity contribution is 0.301. The summed E-state index contributed by atoms with van der Waals surface area (Å²) in [5, 5.41) is 0. The van der Waals surface area contributed by atoms with E-state index in [1.54, 1.807) is 5.57 Å². The molecule has 0 aromatic rings. The number of allylic oxidation sites excluding steroid dienone is 2. The first-order valence-electron chi connectivity index (χ1n) is 7.74. The molecule has 0 rings (SSSR count). The number of rotatable bonds is 10. The summed E-state index contributed by atoms with van der Waals surface area (Å²) in [6.07, 6.45) is 8.87. The summed E-state index contributed by atoms with van der Waals surface area (Å²) >= 11 is 0. The Morgan fingerprint density at radius 1 is 1.11 bits per heavy atom. The molecule has 0 fully saturated rings. The van der Waals surface area contributed by atoms with Crippen molar-refractivity contribution in [1.29, 1.82) is 0 Å². The molecule has 0 aromatic carbocycles. The second-order valence-corrected chi connectivity index (χ2v) is 6.44. The van der Waals surface area contributed by atoms with E-state index in [0.29, 0.717) is 0 Å². The molecule has 0 aliphatic carbocycles. The maximum Gasteiger partial charge on any atom is 0.145 e. The van der Waals surface area contributed by atoms with Gasteiger partial charge in [0.1, 0.15) is 10.5 Å². The van der Waals surface area contributed by atoms with Crippen molar-refractivity contribution in [3.8, 4) is 0 Å². The summed E-state index contributed by atoms with van der Waals surface area (Å²) in [4.78, 5) is 0. The van der Waals surface area contributed by atoms with E-state index >= 15 is 0 Å². The summed E-state index contributed by atoms with van der Waals surface area (Å²) in [5.74, 6) is 2.28. The predicted octanol–water partition coefficient (Wildman–Crippen LogP) is 4.11. The largest absolute Gasteiger partial charge is 0.428 e. The fourth-order valence-corrected chi connectivity index (χ4v) is 2.35. The van der Waals surface area contributed by atoms with E-state index in [-0.39, 0.29) is 0 Å². The van der Waals surface area contributed by atoms with Gasteiger partial charge in [0.15, 0.2) is 0 Å². The molecule has 0 heterocycles. The molecule has 0 aliphatic heterocycles. The minimum Gasteiger partial charge on any atom is -0.428 e. The summed E-state index contributed by atoms with van der Waals surface area (Å²) in [5.41, 5.74) is 1.69. The van der Waals surface area contributed by atoms with Gasteiger partial charge in [-0.25, -0.2) is 0 Å². The van der Waals surface area contributed by atoms with Crippen molar-refractivity contribution in [2.45, 2.75) is 66.7 Å². The SMILES string of the molecule is CCC(C)C=C(CCC(C)CCO[SiH3])C(C)CC. The molecular weight excluding hydrogens is 236 g/mol. The second kappa shape index (κ2) is 10.8. The molecule has 0 aliphatic rings. The maximum atomic E-state index is 5.29. The zero-order valence-corrected chi connectivity index (χ0v) is 15.5. The van der Waals surface area contributed by atoms with Gasteiger partial charge in [-0.3, -0.25) is 0 Å². The van der Waals surface area contributed by atoms with Gasteiger partial charge >= 0.3 is 0 Å². The third kappa shape index (κ3) is 8.10. The molecule has 2 heteroatoms. The van der Waals surface area contributed by atoms with Crippen LogP contribution in [-0.2, 0) is 4.43 Å². The molecule has 0 radical (unpaired) electrons. The molecule has 0 bridgehead atoms. The van der Waals surface area contributed by atoms with Crippen LogP contribution in [0.5, 0.6) is 0 Å². The fourth-order valence-electron chi connectivity index (χ4n) is 2.12. The summed E-state index contributed by atoms with van der Waals surface area (Å²) in [7, 11) is 0.880. The molecule has 0 aromatic heterocycles. The van der Waals surface area contributed by atoms with Gasteiger partial charge in [-0.2, -0.15) is 0 Å². The minimum atomic E-state index is 0.731. The normalized spacial score (nSPS) is 17.7. The van der Waals surface area contributed by atoms with Gasteiger partial charge in [-0.1, -0.05) is 52.7 Å². The van der Waals surface area contributed by atoms with E-state index in [9.17, 15) is 0 Å². The Kier molecular flexibility index (Phi) is 10.8. The van der Waals surface area contributed by atoms with E-state index < -0.39 is 0 Å². The summed E-state index contributed by atoms with van der Waals surface area (Å²) in [6.45, 7) is 12.6. The first-order chi connectivity index (χ1) is 8.54. The van der Waals surface area contributed by atoms with E-state index in [1.807, 2.05) is 0 Å². The third-order valence-corrected chi connectivity index (χ3v) is 4.54. The van der Waals surface area contributed by atoms with E-state index in [4.69, 9.17) is 4.43 Å². The topological polar surface area (TPSA) is 9.23 Å². The number of hydrogen-bond donors (Lipinski definition) is 0. The standard InChI is InChI=1S/C16H34OSi/c1-6-13(3)12-16(15(5)7-2)9-8-14(4)10-11-17-18/h12-15H,6-11H2,1-5,18H3. The van der Waals surface area contributed by atoms with Crippen molar-refractivity contribution >= 4 is 10.5 Å². The lowest BCUT2D eigenvalue weighted by atomic mass is 9.88. The van der Waals surface area contributed by atoms with Crippen LogP contribution < -0.4 is 0 Å². The van der Waals surface area contributed by atoms with Crippen LogP contribution in [0.2, 0.25) is 0 Å². The molecule has 1 nitrogen and oxygen atoms in total. The Hall–Kier alpha value is -0.0831. The van der Waals surface area contributed by atoms with Crippen molar-refractivity contribution in [2.24, 2.45) is 17.8 Å². The van der Waals surface area contributed by atoms with Crippen LogP contribution in [0.4, 0.5) is 0 Å². The van der Waals surface area contributed by atoms with Crippen LogP contribution in [0.3, 0.4) is 0 Å². The zero-order valence-electron chi connectivity index (χ0n) is 13.5.